The Kier molecular flexibility index (Phi) is 6.25. The number of imidazole rings is 1. The van der Waals surface area contributed by atoms with Crippen molar-refractivity contribution in [3.63, 3.8) is 0 Å². The first-order chi connectivity index (χ1) is 15.0. The van der Waals surface area contributed by atoms with Gasteiger partial charge in [-0.05, 0) is 36.2 Å². The fraction of sp³-hybridized carbons (Fsp3) is 0.174. The number of hydrogen-bond acceptors (Lipinski definition) is 4. The number of ketones is 1. The lowest BCUT2D eigenvalue weighted by molar-refractivity contribution is -0.139. The molecule has 1 atom stereocenters. The van der Waals surface area contributed by atoms with Gasteiger partial charge in [-0.15, -0.1) is 0 Å². The Labute approximate surface area is 192 Å². The van der Waals surface area contributed by atoms with Gasteiger partial charge in [-0.2, -0.15) is 0 Å². The molecule has 6 nitrogen and oxygen atoms in total. The fourth-order valence-electron chi connectivity index (χ4n) is 3.71. The summed E-state index contributed by atoms with van der Waals surface area (Å²) in [5.41, 5.74) is 1.26. The molecule has 1 aromatic heterocycles. The van der Waals surface area contributed by atoms with E-state index in [4.69, 9.17) is 11.6 Å². The summed E-state index contributed by atoms with van der Waals surface area (Å²) in [6.45, 7) is 1.01. The van der Waals surface area contributed by atoms with Gasteiger partial charge < -0.3 is 14.6 Å². The molecule has 0 spiro atoms. The van der Waals surface area contributed by atoms with Gasteiger partial charge in [0.15, 0.2) is 0 Å². The van der Waals surface area contributed by atoms with Gasteiger partial charge >= 0.3 is 0 Å². The number of aliphatic hydroxyl groups excluding tert-OH is 1. The Balaban J connectivity index is 1.72. The van der Waals surface area contributed by atoms with E-state index in [1.54, 1.807) is 61.1 Å². The summed E-state index contributed by atoms with van der Waals surface area (Å²) in [6.07, 6.45) is 5.88. The van der Waals surface area contributed by atoms with Crippen molar-refractivity contribution in [3.05, 3.63) is 93.4 Å². The summed E-state index contributed by atoms with van der Waals surface area (Å²) in [5.74, 6) is -1.50. The number of carbonyl (C=O) groups excluding carboxylic acids is 2. The van der Waals surface area contributed by atoms with Gasteiger partial charge in [0.25, 0.3) is 11.7 Å². The molecule has 2 aromatic carbocycles. The maximum Gasteiger partial charge on any atom is 0.295 e. The highest BCUT2D eigenvalue weighted by atomic mass is 79.9. The zero-order valence-electron chi connectivity index (χ0n) is 16.4. The fourth-order valence-corrected chi connectivity index (χ4v) is 4.10. The summed E-state index contributed by atoms with van der Waals surface area (Å²) < 4.78 is 2.76. The molecule has 1 aliphatic heterocycles. The molecule has 0 unspecified atom stereocenters. The zero-order valence-corrected chi connectivity index (χ0v) is 18.8. The number of aromatic nitrogens is 2. The van der Waals surface area contributed by atoms with Crippen molar-refractivity contribution in [1.82, 2.24) is 14.5 Å². The third-order valence-electron chi connectivity index (χ3n) is 5.22. The number of benzene rings is 2. The Morgan fingerprint density at radius 2 is 1.77 bits per heavy atom. The Morgan fingerprint density at radius 3 is 2.42 bits per heavy atom. The van der Waals surface area contributed by atoms with Crippen LogP contribution in [0.2, 0.25) is 5.02 Å². The number of likely N-dealkylation sites (tertiary alicyclic amines) is 1. The minimum absolute atomic E-state index is 0.0808. The molecule has 0 aliphatic carbocycles. The van der Waals surface area contributed by atoms with Crippen LogP contribution in [0.5, 0.6) is 0 Å². The lowest BCUT2D eigenvalue weighted by Gasteiger charge is -2.25. The SMILES string of the molecule is O=C1C(=O)N(CCCn2ccnc2)[C@H](c2ccc(Cl)cc2)C1=C(O)c1ccc(Br)cc1. The molecule has 8 heteroatoms. The molecule has 2 heterocycles. The second-order valence-electron chi connectivity index (χ2n) is 7.20. The topological polar surface area (TPSA) is 75.4 Å². The van der Waals surface area contributed by atoms with Gasteiger partial charge in [0.1, 0.15) is 5.76 Å². The Bertz CT molecular complexity index is 1130. The highest BCUT2D eigenvalue weighted by Gasteiger charge is 2.45. The van der Waals surface area contributed by atoms with Gasteiger partial charge in [0.05, 0.1) is 17.9 Å². The number of Topliss-reactive ketones (excluding diaryl/α,β-unsaturated/α-hetero) is 1. The van der Waals surface area contributed by atoms with Crippen LogP contribution >= 0.6 is 27.5 Å². The maximum atomic E-state index is 13.0. The molecule has 31 heavy (non-hydrogen) atoms. The number of aliphatic hydroxyl groups is 1. The molecule has 1 aliphatic rings. The molecule has 0 bridgehead atoms. The first kappa shape index (κ1) is 21.3. The second kappa shape index (κ2) is 9.08. The van der Waals surface area contributed by atoms with Crippen molar-refractivity contribution in [2.45, 2.75) is 19.0 Å². The van der Waals surface area contributed by atoms with Crippen molar-refractivity contribution in [2.75, 3.05) is 6.54 Å². The average molecular weight is 501 g/mol. The van der Waals surface area contributed by atoms with Crippen molar-refractivity contribution in [2.24, 2.45) is 0 Å². The standard InChI is InChI=1S/C23H19BrClN3O3/c24-17-6-2-16(3-7-17)21(29)19-20(15-4-8-18(25)9-5-15)28(23(31)22(19)30)12-1-11-27-13-10-26-14-27/h2-10,13-14,20,29H,1,11-12H2/t20-/m1/s1. The number of amides is 1. The molecule has 1 saturated heterocycles. The number of hydrogen-bond donors (Lipinski definition) is 1. The van der Waals surface area contributed by atoms with Crippen LogP contribution in [0, 0.1) is 0 Å². The minimum Gasteiger partial charge on any atom is -0.507 e. The summed E-state index contributed by atoms with van der Waals surface area (Å²) in [4.78, 5) is 31.4. The van der Waals surface area contributed by atoms with E-state index in [-0.39, 0.29) is 11.3 Å². The van der Waals surface area contributed by atoms with E-state index in [2.05, 4.69) is 20.9 Å². The zero-order chi connectivity index (χ0) is 22.0. The Morgan fingerprint density at radius 1 is 1.06 bits per heavy atom. The quantitative estimate of drug-likeness (QED) is 0.299. The van der Waals surface area contributed by atoms with E-state index in [9.17, 15) is 14.7 Å². The molecule has 0 radical (unpaired) electrons. The number of aryl methyl sites for hydroxylation is 1. The number of rotatable bonds is 6. The smallest absolute Gasteiger partial charge is 0.295 e. The molecule has 3 aromatic rings. The van der Waals surface area contributed by atoms with Gasteiger partial charge in [-0.3, -0.25) is 9.59 Å². The van der Waals surface area contributed by atoms with Gasteiger partial charge in [0, 0.05) is 40.5 Å². The van der Waals surface area contributed by atoms with E-state index < -0.39 is 17.7 Å². The minimum atomic E-state index is -0.692. The largest absolute Gasteiger partial charge is 0.507 e. The van der Waals surface area contributed by atoms with E-state index in [1.807, 2.05) is 10.8 Å². The highest BCUT2D eigenvalue weighted by molar-refractivity contribution is 9.10. The van der Waals surface area contributed by atoms with Crippen molar-refractivity contribution in [3.8, 4) is 0 Å². The first-order valence-corrected chi connectivity index (χ1v) is 10.9. The van der Waals surface area contributed by atoms with Crippen LogP contribution in [0.25, 0.3) is 5.76 Å². The van der Waals surface area contributed by atoms with Crippen LogP contribution < -0.4 is 0 Å². The lowest BCUT2D eigenvalue weighted by atomic mass is 9.95. The molecule has 4 rings (SSSR count). The molecule has 0 saturated carbocycles. The third-order valence-corrected chi connectivity index (χ3v) is 6.00. The van der Waals surface area contributed by atoms with E-state index in [0.29, 0.717) is 35.7 Å². The third kappa shape index (κ3) is 4.43. The molecule has 1 fully saturated rings. The average Bonchev–Trinajstić information content (AvgIpc) is 3.37. The summed E-state index contributed by atoms with van der Waals surface area (Å²) in [6, 6.07) is 13.2. The van der Waals surface area contributed by atoms with Crippen LogP contribution in [-0.2, 0) is 16.1 Å². The van der Waals surface area contributed by atoms with Crippen LogP contribution in [0.1, 0.15) is 23.6 Å². The molecule has 158 valence electrons. The number of halogens is 2. The van der Waals surface area contributed by atoms with Crippen molar-refractivity contribution < 1.29 is 14.7 Å². The van der Waals surface area contributed by atoms with Crippen LogP contribution in [-0.4, -0.2) is 37.8 Å². The molecule has 1 N–H and O–H groups in total. The maximum absolute atomic E-state index is 13.0. The lowest BCUT2D eigenvalue weighted by Crippen LogP contribution is -2.31. The summed E-state index contributed by atoms with van der Waals surface area (Å²) in [7, 11) is 0. The number of carbonyl (C=O) groups is 2. The predicted molar refractivity (Wildman–Crippen MR) is 121 cm³/mol. The summed E-state index contributed by atoms with van der Waals surface area (Å²) >= 11 is 9.40. The second-order valence-corrected chi connectivity index (χ2v) is 8.56. The van der Waals surface area contributed by atoms with Crippen molar-refractivity contribution in [1.29, 1.82) is 0 Å². The van der Waals surface area contributed by atoms with Gasteiger partial charge in [0.2, 0.25) is 0 Å². The van der Waals surface area contributed by atoms with E-state index in [0.717, 1.165) is 4.47 Å². The van der Waals surface area contributed by atoms with Crippen LogP contribution in [0.15, 0.2) is 77.3 Å². The van der Waals surface area contributed by atoms with E-state index >= 15 is 0 Å². The van der Waals surface area contributed by atoms with Crippen LogP contribution in [0.3, 0.4) is 0 Å². The van der Waals surface area contributed by atoms with Gasteiger partial charge in [-0.25, -0.2) is 4.98 Å². The summed E-state index contributed by atoms with van der Waals surface area (Å²) in [5, 5.41) is 11.6. The first-order valence-electron chi connectivity index (χ1n) is 9.71. The van der Waals surface area contributed by atoms with Gasteiger partial charge in [-0.1, -0.05) is 51.8 Å². The molecule has 1 amide bonds. The highest BCUT2D eigenvalue weighted by Crippen LogP contribution is 2.39. The van der Waals surface area contributed by atoms with E-state index in [1.165, 1.54) is 4.90 Å². The van der Waals surface area contributed by atoms with Crippen LogP contribution in [0.4, 0.5) is 0 Å². The predicted octanol–water partition coefficient (Wildman–Crippen LogP) is 4.81. The molecular formula is C23H19BrClN3O3. The number of nitrogens with zero attached hydrogens (tertiary/aromatic N) is 3. The normalized spacial score (nSPS) is 18.0. The molecular weight excluding hydrogens is 482 g/mol. The van der Waals surface area contributed by atoms with Crippen molar-refractivity contribution >= 4 is 45.0 Å². The Hall–Kier alpha value is -2.90. The monoisotopic (exact) mass is 499 g/mol.